The maximum Gasteiger partial charge on any atom is 0.0637 e. The summed E-state index contributed by atoms with van der Waals surface area (Å²) in [6, 6.07) is 7.85. The van der Waals surface area contributed by atoms with E-state index in [0.29, 0.717) is 5.41 Å². The summed E-state index contributed by atoms with van der Waals surface area (Å²) in [5.74, 6) is 0. The lowest BCUT2D eigenvalue weighted by Gasteiger charge is -2.26. The molecule has 0 saturated heterocycles. The van der Waals surface area contributed by atoms with Gasteiger partial charge in [-0.15, -0.1) is 0 Å². The molecule has 1 N–H and O–H groups in total. The maximum atomic E-state index is 6.07. The Labute approximate surface area is 110 Å². The molecule has 17 heavy (non-hydrogen) atoms. The van der Waals surface area contributed by atoms with Crippen molar-refractivity contribution in [2.24, 2.45) is 5.41 Å². The third kappa shape index (κ3) is 5.94. The van der Waals surface area contributed by atoms with E-state index < -0.39 is 0 Å². The molecule has 0 spiro atoms. The molecule has 0 radical (unpaired) electrons. The summed E-state index contributed by atoms with van der Waals surface area (Å²) in [5, 5.41) is 4.14. The van der Waals surface area contributed by atoms with Crippen LogP contribution in [0.3, 0.4) is 0 Å². The number of hydrogen-bond acceptors (Lipinski definition) is 2. The molecule has 96 valence electrons. The molecule has 1 aromatic carbocycles. The molecule has 2 nitrogen and oxygen atoms in total. The molecule has 0 aliphatic rings. The highest BCUT2D eigenvalue weighted by Gasteiger charge is 2.12. The lowest BCUT2D eigenvalue weighted by molar-refractivity contribution is 0.233. The maximum absolute atomic E-state index is 6.07. The standard InChI is InChI=1S/C14H23ClN2/c1-14(2,3)11-17(4)10-9-16-13-8-6-5-7-12(13)15/h5-8,16H,9-11H2,1-4H3. The second-order valence-corrected chi connectivity index (χ2v) is 6.11. The van der Waals surface area contributed by atoms with E-state index in [9.17, 15) is 0 Å². The SMILES string of the molecule is CN(CCNc1ccccc1Cl)CC(C)(C)C. The van der Waals surface area contributed by atoms with Crippen molar-refractivity contribution in [1.29, 1.82) is 0 Å². The van der Waals surface area contributed by atoms with Crippen LogP contribution < -0.4 is 5.32 Å². The Hall–Kier alpha value is -0.730. The van der Waals surface area contributed by atoms with E-state index in [4.69, 9.17) is 11.6 Å². The minimum absolute atomic E-state index is 0.346. The van der Waals surface area contributed by atoms with Gasteiger partial charge in [0.25, 0.3) is 0 Å². The Morgan fingerprint density at radius 1 is 1.24 bits per heavy atom. The van der Waals surface area contributed by atoms with Gasteiger partial charge < -0.3 is 10.2 Å². The first-order valence-electron chi connectivity index (χ1n) is 6.05. The van der Waals surface area contributed by atoms with E-state index in [1.165, 1.54) is 0 Å². The van der Waals surface area contributed by atoms with E-state index in [1.807, 2.05) is 24.3 Å². The minimum Gasteiger partial charge on any atom is -0.383 e. The molecular formula is C14H23ClN2. The molecule has 0 heterocycles. The second kappa shape index (κ2) is 6.27. The van der Waals surface area contributed by atoms with Crippen LogP contribution in [0.25, 0.3) is 0 Å². The van der Waals surface area contributed by atoms with E-state index in [0.717, 1.165) is 30.3 Å². The summed E-state index contributed by atoms with van der Waals surface area (Å²) in [4.78, 5) is 2.34. The lowest BCUT2D eigenvalue weighted by atomic mass is 9.96. The lowest BCUT2D eigenvalue weighted by Crippen LogP contribution is -2.32. The molecule has 0 amide bonds. The number of para-hydroxylation sites is 1. The van der Waals surface area contributed by atoms with Crippen molar-refractivity contribution in [3.8, 4) is 0 Å². The summed E-state index contributed by atoms with van der Waals surface area (Å²) in [5.41, 5.74) is 1.36. The van der Waals surface area contributed by atoms with Crippen LogP contribution in [0.15, 0.2) is 24.3 Å². The zero-order valence-corrected chi connectivity index (χ0v) is 12.0. The van der Waals surface area contributed by atoms with Crippen LogP contribution in [-0.2, 0) is 0 Å². The van der Waals surface area contributed by atoms with Gasteiger partial charge in [-0.1, -0.05) is 44.5 Å². The molecule has 0 fully saturated rings. The third-order valence-corrected chi connectivity index (χ3v) is 2.76. The highest BCUT2D eigenvalue weighted by Crippen LogP contribution is 2.20. The van der Waals surface area contributed by atoms with Gasteiger partial charge in [0.1, 0.15) is 0 Å². The van der Waals surface area contributed by atoms with Gasteiger partial charge in [-0.25, -0.2) is 0 Å². The summed E-state index contributed by atoms with van der Waals surface area (Å²) >= 11 is 6.07. The number of benzene rings is 1. The molecule has 0 atom stereocenters. The normalized spacial score (nSPS) is 11.9. The van der Waals surface area contributed by atoms with Crippen LogP contribution in [0.2, 0.25) is 5.02 Å². The molecule has 0 aliphatic carbocycles. The number of rotatable bonds is 5. The summed E-state index contributed by atoms with van der Waals surface area (Å²) in [6.07, 6.45) is 0. The van der Waals surface area contributed by atoms with E-state index in [-0.39, 0.29) is 0 Å². The van der Waals surface area contributed by atoms with Crippen molar-refractivity contribution in [1.82, 2.24) is 4.90 Å². The third-order valence-electron chi connectivity index (χ3n) is 2.43. The van der Waals surface area contributed by atoms with Crippen LogP contribution in [0.1, 0.15) is 20.8 Å². The van der Waals surface area contributed by atoms with E-state index in [2.05, 4.69) is 38.0 Å². The van der Waals surface area contributed by atoms with Crippen LogP contribution in [-0.4, -0.2) is 31.6 Å². The Morgan fingerprint density at radius 3 is 2.47 bits per heavy atom. The van der Waals surface area contributed by atoms with Crippen molar-refractivity contribution in [3.63, 3.8) is 0 Å². The molecule has 0 unspecified atom stereocenters. The first kappa shape index (κ1) is 14.3. The van der Waals surface area contributed by atoms with Crippen molar-refractivity contribution in [2.45, 2.75) is 20.8 Å². The van der Waals surface area contributed by atoms with Crippen molar-refractivity contribution < 1.29 is 0 Å². The fraction of sp³-hybridized carbons (Fsp3) is 0.571. The quantitative estimate of drug-likeness (QED) is 0.861. The summed E-state index contributed by atoms with van der Waals surface area (Å²) in [6.45, 7) is 9.79. The molecule has 0 aromatic heterocycles. The zero-order valence-electron chi connectivity index (χ0n) is 11.3. The van der Waals surface area contributed by atoms with Crippen molar-refractivity contribution in [2.75, 3.05) is 32.0 Å². The van der Waals surface area contributed by atoms with Gasteiger partial charge in [-0.05, 0) is 24.6 Å². The Morgan fingerprint density at radius 2 is 1.88 bits per heavy atom. The van der Waals surface area contributed by atoms with Crippen LogP contribution in [0.4, 0.5) is 5.69 Å². The number of halogens is 1. The predicted octanol–water partition coefficient (Wildman–Crippen LogP) is 3.73. The fourth-order valence-electron chi connectivity index (χ4n) is 1.87. The topological polar surface area (TPSA) is 15.3 Å². The molecular weight excluding hydrogens is 232 g/mol. The largest absolute Gasteiger partial charge is 0.383 e. The van der Waals surface area contributed by atoms with Gasteiger partial charge in [-0.2, -0.15) is 0 Å². The molecule has 1 rings (SSSR count). The van der Waals surface area contributed by atoms with Gasteiger partial charge in [0.15, 0.2) is 0 Å². The zero-order chi connectivity index (χ0) is 12.9. The summed E-state index contributed by atoms with van der Waals surface area (Å²) in [7, 11) is 2.15. The van der Waals surface area contributed by atoms with Crippen LogP contribution >= 0.6 is 11.6 Å². The highest BCUT2D eigenvalue weighted by atomic mass is 35.5. The number of likely N-dealkylation sites (N-methyl/N-ethyl adjacent to an activating group) is 1. The number of anilines is 1. The van der Waals surface area contributed by atoms with Crippen molar-refractivity contribution in [3.05, 3.63) is 29.3 Å². The smallest absolute Gasteiger partial charge is 0.0637 e. The molecule has 0 saturated carbocycles. The first-order valence-corrected chi connectivity index (χ1v) is 6.43. The minimum atomic E-state index is 0.346. The van der Waals surface area contributed by atoms with Crippen LogP contribution in [0.5, 0.6) is 0 Å². The van der Waals surface area contributed by atoms with E-state index in [1.54, 1.807) is 0 Å². The van der Waals surface area contributed by atoms with Crippen LogP contribution in [0, 0.1) is 5.41 Å². The Balaban J connectivity index is 2.31. The average Bonchev–Trinajstić information content (AvgIpc) is 2.18. The van der Waals surface area contributed by atoms with E-state index >= 15 is 0 Å². The van der Waals surface area contributed by atoms with Gasteiger partial charge >= 0.3 is 0 Å². The molecule has 0 aliphatic heterocycles. The molecule has 0 bridgehead atoms. The number of nitrogens with one attached hydrogen (secondary N) is 1. The number of hydrogen-bond donors (Lipinski definition) is 1. The molecule has 1 aromatic rings. The monoisotopic (exact) mass is 254 g/mol. The Kier molecular flexibility index (Phi) is 5.29. The first-order chi connectivity index (χ1) is 7.88. The van der Waals surface area contributed by atoms with Crippen molar-refractivity contribution >= 4 is 17.3 Å². The number of nitrogens with zero attached hydrogens (tertiary/aromatic N) is 1. The molecule has 3 heteroatoms. The average molecular weight is 255 g/mol. The summed E-state index contributed by atoms with van der Waals surface area (Å²) < 4.78 is 0. The Bertz CT molecular complexity index is 344. The predicted molar refractivity (Wildman–Crippen MR) is 76.9 cm³/mol. The fourth-order valence-corrected chi connectivity index (χ4v) is 2.08. The second-order valence-electron chi connectivity index (χ2n) is 5.71. The van der Waals surface area contributed by atoms with Gasteiger partial charge in [-0.3, -0.25) is 0 Å². The van der Waals surface area contributed by atoms with Gasteiger partial charge in [0.05, 0.1) is 10.7 Å². The highest BCUT2D eigenvalue weighted by molar-refractivity contribution is 6.33. The van der Waals surface area contributed by atoms with Gasteiger partial charge in [0, 0.05) is 19.6 Å². The van der Waals surface area contributed by atoms with Gasteiger partial charge in [0.2, 0.25) is 0 Å².